The molecule has 0 radical (unpaired) electrons. The zero-order chi connectivity index (χ0) is 6.69. The SMILES string of the molecule is O=C(O)NC1=COOC1. The van der Waals surface area contributed by atoms with Crippen LogP contribution in [0.5, 0.6) is 0 Å². The molecule has 5 heteroatoms. The Balaban J connectivity index is 2.35. The van der Waals surface area contributed by atoms with Crippen LogP contribution in [0.4, 0.5) is 4.79 Å². The Morgan fingerprint density at radius 3 is 3.11 bits per heavy atom. The first kappa shape index (κ1) is 5.90. The highest BCUT2D eigenvalue weighted by atomic mass is 17.2. The van der Waals surface area contributed by atoms with Crippen LogP contribution < -0.4 is 5.32 Å². The Morgan fingerprint density at radius 1 is 1.89 bits per heavy atom. The molecule has 50 valence electrons. The van der Waals surface area contributed by atoms with Crippen LogP contribution in [-0.4, -0.2) is 17.8 Å². The van der Waals surface area contributed by atoms with Crippen LogP contribution in [0.15, 0.2) is 12.0 Å². The highest BCUT2D eigenvalue weighted by Crippen LogP contribution is 2.00. The number of hydrogen-bond donors (Lipinski definition) is 2. The number of carbonyl (C=O) groups is 1. The topological polar surface area (TPSA) is 67.8 Å². The van der Waals surface area contributed by atoms with E-state index in [9.17, 15) is 4.79 Å². The molecule has 0 spiro atoms. The Morgan fingerprint density at radius 2 is 2.67 bits per heavy atom. The normalized spacial score (nSPS) is 16.2. The molecule has 0 fully saturated rings. The minimum Gasteiger partial charge on any atom is -0.465 e. The third-order valence-electron chi connectivity index (χ3n) is 0.740. The molecule has 9 heavy (non-hydrogen) atoms. The van der Waals surface area contributed by atoms with Crippen LogP contribution >= 0.6 is 0 Å². The van der Waals surface area contributed by atoms with Gasteiger partial charge in [-0.25, -0.2) is 4.79 Å². The fourth-order valence-electron chi connectivity index (χ4n) is 0.427. The predicted molar refractivity (Wildman–Crippen MR) is 26.3 cm³/mol. The smallest absolute Gasteiger partial charge is 0.409 e. The van der Waals surface area contributed by atoms with Crippen molar-refractivity contribution < 1.29 is 19.7 Å². The van der Waals surface area contributed by atoms with Crippen molar-refractivity contribution >= 4 is 6.09 Å². The molecule has 0 unspecified atom stereocenters. The summed E-state index contributed by atoms with van der Waals surface area (Å²) in [5.74, 6) is 0. The highest BCUT2D eigenvalue weighted by molar-refractivity contribution is 5.66. The summed E-state index contributed by atoms with van der Waals surface area (Å²) in [7, 11) is 0. The molecule has 0 bridgehead atoms. The molecule has 0 aromatic rings. The van der Waals surface area contributed by atoms with E-state index < -0.39 is 6.09 Å². The molecular formula is C4H5NO4. The summed E-state index contributed by atoms with van der Waals surface area (Å²) in [5.41, 5.74) is 0.405. The standard InChI is InChI=1S/C4H5NO4/c6-4(7)5-3-1-8-9-2-3/h1,5H,2H2,(H,6,7). The minimum absolute atomic E-state index is 0.159. The maximum Gasteiger partial charge on any atom is 0.409 e. The summed E-state index contributed by atoms with van der Waals surface area (Å²) in [4.78, 5) is 18.5. The average molecular weight is 131 g/mol. The maximum absolute atomic E-state index is 9.89. The van der Waals surface area contributed by atoms with Gasteiger partial charge in [-0.15, -0.1) is 0 Å². The number of carboxylic acid groups (broad SMARTS) is 1. The third-order valence-corrected chi connectivity index (χ3v) is 0.740. The van der Waals surface area contributed by atoms with E-state index in [0.717, 1.165) is 0 Å². The van der Waals surface area contributed by atoms with E-state index in [0.29, 0.717) is 5.70 Å². The summed E-state index contributed by atoms with van der Waals surface area (Å²) in [5, 5.41) is 10.2. The molecule has 1 aliphatic rings. The fraction of sp³-hybridized carbons (Fsp3) is 0.250. The molecule has 0 saturated heterocycles. The van der Waals surface area contributed by atoms with Gasteiger partial charge in [-0.1, -0.05) is 0 Å². The van der Waals surface area contributed by atoms with Gasteiger partial charge in [0.2, 0.25) is 0 Å². The highest BCUT2D eigenvalue weighted by Gasteiger charge is 2.07. The van der Waals surface area contributed by atoms with Gasteiger partial charge in [0, 0.05) is 0 Å². The lowest BCUT2D eigenvalue weighted by Crippen LogP contribution is -2.20. The van der Waals surface area contributed by atoms with Crippen LogP contribution in [0.1, 0.15) is 0 Å². The van der Waals surface area contributed by atoms with E-state index >= 15 is 0 Å². The Labute approximate surface area is 50.8 Å². The summed E-state index contributed by atoms with van der Waals surface area (Å²) < 4.78 is 0. The van der Waals surface area contributed by atoms with Crippen LogP contribution in [0.2, 0.25) is 0 Å². The first-order valence-electron chi connectivity index (χ1n) is 2.26. The van der Waals surface area contributed by atoms with Crippen molar-refractivity contribution in [2.45, 2.75) is 0 Å². The summed E-state index contributed by atoms with van der Waals surface area (Å²) in [6.07, 6.45) is 0.0871. The lowest BCUT2D eigenvalue weighted by Gasteiger charge is -1.93. The first-order chi connectivity index (χ1) is 4.29. The molecule has 0 aromatic heterocycles. The molecule has 1 heterocycles. The molecule has 1 rings (SSSR count). The van der Waals surface area contributed by atoms with E-state index in [1.54, 1.807) is 0 Å². The largest absolute Gasteiger partial charge is 0.465 e. The van der Waals surface area contributed by atoms with E-state index in [4.69, 9.17) is 5.11 Å². The zero-order valence-corrected chi connectivity index (χ0v) is 4.46. The molecule has 0 aliphatic carbocycles. The molecule has 2 N–H and O–H groups in total. The lowest BCUT2D eigenvalue weighted by atomic mass is 10.5. The summed E-state index contributed by atoms with van der Waals surface area (Å²) in [6, 6.07) is 0. The second-order valence-electron chi connectivity index (χ2n) is 1.43. The number of rotatable bonds is 1. The van der Waals surface area contributed by atoms with Crippen molar-refractivity contribution in [3.63, 3.8) is 0 Å². The van der Waals surface area contributed by atoms with Gasteiger partial charge in [-0.05, 0) is 0 Å². The fourth-order valence-corrected chi connectivity index (χ4v) is 0.427. The number of amides is 1. The molecule has 0 aromatic carbocycles. The monoisotopic (exact) mass is 131 g/mol. The van der Waals surface area contributed by atoms with E-state index in [1.165, 1.54) is 6.26 Å². The molecule has 1 amide bonds. The Kier molecular flexibility index (Phi) is 1.55. The predicted octanol–water partition coefficient (Wildman–Crippen LogP) is 0.0572. The quantitative estimate of drug-likeness (QED) is 0.493. The second kappa shape index (κ2) is 2.36. The van der Waals surface area contributed by atoms with Gasteiger partial charge in [0.1, 0.15) is 6.61 Å². The Hall–Kier alpha value is -1.23. The van der Waals surface area contributed by atoms with Crippen molar-refractivity contribution in [3.8, 4) is 0 Å². The number of hydrogen-bond acceptors (Lipinski definition) is 3. The average Bonchev–Trinajstić information content (AvgIpc) is 2.15. The van der Waals surface area contributed by atoms with Crippen LogP contribution in [0.3, 0.4) is 0 Å². The first-order valence-corrected chi connectivity index (χ1v) is 2.26. The van der Waals surface area contributed by atoms with Gasteiger partial charge in [0.25, 0.3) is 0 Å². The van der Waals surface area contributed by atoms with Crippen molar-refractivity contribution in [1.82, 2.24) is 5.32 Å². The maximum atomic E-state index is 9.89. The van der Waals surface area contributed by atoms with Crippen molar-refractivity contribution in [1.29, 1.82) is 0 Å². The van der Waals surface area contributed by atoms with Crippen LogP contribution in [0.25, 0.3) is 0 Å². The molecule has 0 saturated carbocycles. The van der Waals surface area contributed by atoms with Gasteiger partial charge in [-0.3, -0.25) is 5.32 Å². The third kappa shape index (κ3) is 1.61. The Bertz CT molecular complexity index is 153. The summed E-state index contributed by atoms with van der Waals surface area (Å²) in [6.45, 7) is 0.159. The van der Waals surface area contributed by atoms with Crippen molar-refractivity contribution in [2.24, 2.45) is 0 Å². The zero-order valence-electron chi connectivity index (χ0n) is 4.46. The minimum atomic E-state index is -1.12. The van der Waals surface area contributed by atoms with Gasteiger partial charge in [0.15, 0.2) is 6.26 Å². The lowest BCUT2D eigenvalue weighted by molar-refractivity contribution is -0.222. The molecule has 0 atom stereocenters. The van der Waals surface area contributed by atoms with E-state index in [2.05, 4.69) is 15.1 Å². The van der Waals surface area contributed by atoms with Gasteiger partial charge in [0.05, 0.1) is 5.70 Å². The van der Waals surface area contributed by atoms with Crippen molar-refractivity contribution in [2.75, 3.05) is 6.61 Å². The van der Waals surface area contributed by atoms with Crippen molar-refractivity contribution in [3.05, 3.63) is 12.0 Å². The van der Waals surface area contributed by atoms with Gasteiger partial charge >= 0.3 is 6.09 Å². The van der Waals surface area contributed by atoms with Crippen LogP contribution in [0, 0.1) is 0 Å². The second-order valence-corrected chi connectivity index (χ2v) is 1.43. The van der Waals surface area contributed by atoms with Gasteiger partial charge in [-0.2, -0.15) is 4.89 Å². The molecule has 1 aliphatic heterocycles. The number of nitrogens with one attached hydrogen (secondary N) is 1. The van der Waals surface area contributed by atoms with Gasteiger partial charge < -0.3 is 9.99 Å². The summed E-state index contributed by atoms with van der Waals surface area (Å²) >= 11 is 0. The molecule has 5 nitrogen and oxygen atoms in total. The van der Waals surface area contributed by atoms with E-state index in [1.807, 2.05) is 0 Å². The van der Waals surface area contributed by atoms with E-state index in [-0.39, 0.29) is 6.61 Å². The molecular weight excluding hydrogens is 126 g/mol. The van der Waals surface area contributed by atoms with Crippen LogP contribution in [-0.2, 0) is 9.78 Å².